The Balaban J connectivity index is 1.35. The molecule has 2 aromatic rings. The van der Waals surface area contributed by atoms with Gasteiger partial charge in [0, 0.05) is 24.7 Å². The third kappa shape index (κ3) is 5.16. The fourth-order valence-corrected chi connectivity index (χ4v) is 6.38. The average molecular weight is 483 g/mol. The monoisotopic (exact) mass is 482 g/mol. The van der Waals surface area contributed by atoms with Gasteiger partial charge in [0.1, 0.15) is 11.2 Å². The van der Waals surface area contributed by atoms with Crippen molar-refractivity contribution in [2.45, 2.75) is 102 Å². The summed E-state index contributed by atoms with van der Waals surface area (Å²) >= 11 is 0. The Labute approximate surface area is 209 Å². The van der Waals surface area contributed by atoms with E-state index in [9.17, 15) is 9.59 Å². The second-order valence-electron chi connectivity index (χ2n) is 11.1. The molecule has 0 aromatic carbocycles. The molecule has 0 spiro atoms. The Bertz CT molecular complexity index is 1010. The van der Waals surface area contributed by atoms with Crippen molar-refractivity contribution in [3.8, 4) is 0 Å². The topological polar surface area (TPSA) is 70.7 Å². The third-order valence-electron chi connectivity index (χ3n) is 8.53. The lowest BCUT2D eigenvalue weighted by Crippen LogP contribution is -2.65. The fourth-order valence-electron chi connectivity index (χ4n) is 6.38. The lowest BCUT2D eigenvalue weighted by Gasteiger charge is -2.45. The van der Waals surface area contributed by atoms with Crippen molar-refractivity contribution in [1.82, 2.24) is 19.7 Å². The van der Waals surface area contributed by atoms with Gasteiger partial charge in [-0.1, -0.05) is 44.9 Å². The Hall–Kier alpha value is -2.28. The number of hydrogen-bond acceptors (Lipinski definition) is 4. The van der Waals surface area contributed by atoms with Gasteiger partial charge in [-0.25, -0.2) is 0 Å². The Kier molecular flexibility index (Phi) is 7.51. The van der Waals surface area contributed by atoms with Crippen molar-refractivity contribution in [2.75, 3.05) is 26.2 Å². The number of likely N-dealkylation sites (tertiary alicyclic amines) is 1. The highest BCUT2D eigenvalue weighted by Gasteiger charge is 2.48. The summed E-state index contributed by atoms with van der Waals surface area (Å²) in [5, 5.41) is 3.38. The number of nitrogens with one attached hydrogen (secondary N) is 1. The Morgan fingerprint density at radius 2 is 1.71 bits per heavy atom. The molecule has 5 rings (SSSR count). The third-order valence-corrected chi connectivity index (χ3v) is 8.53. The van der Waals surface area contributed by atoms with Gasteiger partial charge in [-0.3, -0.25) is 9.59 Å². The van der Waals surface area contributed by atoms with E-state index in [2.05, 4.69) is 10.2 Å². The zero-order valence-corrected chi connectivity index (χ0v) is 21.4. The first kappa shape index (κ1) is 24.4. The summed E-state index contributed by atoms with van der Waals surface area (Å²) in [7, 11) is 0. The molecule has 1 unspecified atom stereocenters. The SMILES string of the molecule is CC1(C(=O)NC2CCCCCCC2)Cn2c(cc3occc32)C(=O)N1CCCN1CCCCCC1. The molecule has 35 heavy (non-hydrogen) atoms. The van der Waals surface area contributed by atoms with Crippen LogP contribution < -0.4 is 5.32 Å². The van der Waals surface area contributed by atoms with E-state index in [1.165, 1.54) is 44.9 Å². The molecule has 1 saturated carbocycles. The summed E-state index contributed by atoms with van der Waals surface area (Å²) in [5.74, 6) is -0.0731. The molecular formula is C28H42N4O3. The minimum Gasteiger partial charge on any atom is -0.463 e. The highest BCUT2D eigenvalue weighted by molar-refractivity contribution is 6.02. The molecule has 0 radical (unpaired) electrons. The van der Waals surface area contributed by atoms with Crippen LogP contribution in [-0.4, -0.2) is 63.9 Å². The van der Waals surface area contributed by atoms with E-state index in [4.69, 9.17) is 4.42 Å². The molecular weight excluding hydrogens is 440 g/mol. The number of amides is 2. The quantitative estimate of drug-likeness (QED) is 0.633. The summed E-state index contributed by atoms with van der Waals surface area (Å²) in [6.07, 6.45) is 15.9. The van der Waals surface area contributed by atoms with E-state index in [1.807, 2.05) is 28.5 Å². The summed E-state index contributed by atoms with van der Waals surface area (Å²) in [5.41, 5.74) is 1.31. The molecule has 1 N–H and O–H groups in total. The smallest absolute Gasteiger partial charge is 0.271 e. The van der Waals surface area contributed by atoms with E-state index in [0.29, 0.717) is 24.4 Å². The lowest BCUT2D eigenvalue weighted by molar-refractivity contribution is -0.133. The number of hydrogen-bond donors (Lipinski definition) is 1. The molecule has 2 fully saturated rings. The van der Waals surface area contributed by atoms with Crippen molar-refractivity contribution < 1.29 is 14.0 Å². The molecule has 3 aliphatic rings. The summed E-state index contributed by atoms with van der Waals surface area (Å²) in [4.78, 5) is 32.1. The number of aromatic nitrogens is 1. The Morgan fingerprint density at radius 3 is 2.46 bits per heavy atom. The normalized spacial score (nSPS) is 25.2. The minimum absolute atomic E-state index is 0.0119. The zero-order chi connectivity index (χ0) is 24.3. The van der Waals surface area contributed by atoms with E-state index in [-0.39, 0.29) is 17.9 Å². The second-order valence-corrected chi connectivity index (χ2v) is 11.1. The van der Waals surface area contributed by atoms with E-state index in [0.717, 1.165) is 57.3 Å². The number of rotatable bonds is 6. The van der Waals surface area contributed by atoms with Gasteiger partial charge in [0.05, 0.1) is 18.3 Å². The number of carbonyl (C=O) groups is 2. The summed E-state index contributed by atoms with van der Waals surface area (Å²) in [6.45, 7) is 6.28. The van der Waals surface area contributed by atoms with Gasteiger partial charge < -0.3 is 24.1 Å². The molecule has 0 bridgehead atoms. The van der Waals surface area contributed by atoms with Crippen LogP contribution in [0, 0.1) is 0 Å². The molecule has 2 aliphatic heterocycles. The van der Waals surface area contributed by atoms with Crippen LogP contribution in [0.15, 0.2) is 22.8 Å². The summed E-state index contributed by atoms with van der Waals surface area (Å²) < 4.78 is 7.59. The fraction of sp³-hybridized carbons (Fsp3) is 0.714. The molecule has 2 amide bonds. The van der Waals surface area contributed by atoms with Crippen LogP contribution in [0.1, 0.15) is 94.5 Å². The maximum absolute atomic E-state index is 13.9. The van der Waals surface area contributed by atoms with Gasteiger partial charge in [-0.15, -0.1) is 0 Å². The molecule has 4 heterocycles. The Morgan fingerprint density at radius 1 is 1.03 bits per heavy atom. The van der Waals surface area contributed by atoms with Gasteiger partial charge in [-0.2, -0.15) is 0 Å². The van der Waals surface area contributed by atoms with Gasteiger partial charge in [-0.05, 0) is 58.7 Å². The van der Waals surface area contributed by atoms with Crippen molar-refractivity contribution in [2.24, 2.45) is 0 Å². The van der Waals surface area contributed by atoms with Crippen LogP contribution in [0.5, 0.6) is 0 Å². The van der Waals surface area contributed by atoms with Gasteiger partial charge >= 0.3 is 0 Å². The number of nitrogens with zero attached hydrogens (tertiary/aromatic N) is 3. The van der Waals surface area contributed by atoms with Crippen molar-refractivity contribution in [1.29, 1.82) is 0 Å². The standard InChI is InChI=1S/C28H42N4O3/c1-28(27(34)29-22-12-7-3-2-4-8-13-22)21-31-23-14-19-35-25(23)20-24(31)26(33)32(28)18-11-17-30-15-9-5-6-10-16-30/h14,19-20,22H,2-13,15-18,21H2,1H3,(H,29,34). The second kappa shape index (κ2) is 10.8. The van der Waals surface area contributed by atoms with E-state index >= 15 is 0 Å². The molecule has 1 aliphatic carbocycles. The first-order chi connectivity index (χ1) is 17.1. The molecule has 192 valence electrons. The minimum atomic E-state index is -0.922. The van der Waals surface area contributed by atoms with Crippen LogP contribution in [0.25, 0.3) is 11.1 Å². The number of fused-ring (bicyclic) bond motifs is 3. The predicted molar refractivity (Wildman–Crippen MR) is 137 cm³/mol. The maximum atomic E-state index is 13.9. The molecule has 7 nitrogen and oxygen atoms in total. The number of furan rings is 1. The van der Waals surface area contributed by atoms with Crippen LogP contribution in [0.4, 0.5) is 0 Å². The highest BCUT2D eigenvalue weighted by atomic mass is 16.3. The largest absolute Gasteiger partial charge is 0.463 e. The van der Waals surface area contributed by atoms with Crippen LogP contribution in [0.3, 0.4) is 0 Å². The summed E-state index contributed by atoms with van der Waals surface area (Å²) in [6, 6.07) is 3.94. The first-order valence-electron chi connectivity index (χ1n) is 14.0. The van der Waals surface area contributed by atoms with Gasteiger partial charge in [0.2, 0.25) is 5.91 Å². The van der Waals surface area contributed by atoms with Crippen molar-refractivity contribution in [3.63, 3.8) is 0 Å². The highest BCUT2D eigenvalue weighted by Crippen LogP contribution is 2.33. The first-order valence-corrected chi connectivity index (χ1v) is 14.0. The van der Waals surface area contributed by atoms with Gasteiger partial charge in [0.25, 0.3) is 5.91 Å². The van der Waals surface area contributed by atoms with Crippen LogP contribution in [0.2, 0.25) is 0 Å². The van der Waals surface area contributed by atoms with Crippen LogP contribution >= 0.6 is 0 Å². The van der Waals surface area contributed by atoms with Crippen LogP contribution in [-0.2, 0) is 11.3 Å². The molecule has 1 atom stereocenters. The molecule has 2 aromatic heterocycles. The zero-order valence-electron chi connectivity index (χ0n) is 21.4. The predicted octanol–water partition coefficient (Wildman–Crippen LogP) is 4.94. The molecule has 7 heteroatoms. The van der Waals surface area contributed by atoms with Crippen molar-refractivity contribution >= 4 is 22.9 Å². The lowest BCUT2D eigenvalue weighted by atomic mass is 9.92. The van der Waals surface area contributed by atoms with Gasteiger partial charge in [0.15, 0.2) is 5.58 Å². The average Bonchev–Trinajstić information content (AvgIpc) is 3.31. The van der Waals surface area contributed by atoms with E-state index in [1.54, 1.807) is 6.26 Å². The molecule has 1 saturated heterocycles. The van der Waals surface area contributed by atoms with E-state index < -0.39 is 5.54 Å². The maximum Gasteiger partial charge on any atom is 0.271 e. The van der Waals surface area contributed by atoms with Crippen molar-refractivity contribution in [3.05, 3.63) is 24.1 Å². The number of carbonyl (C=O) groups excluding carboxylic acids is 2.